The van der Waals surface area contributed by atoms with Crippen LogP contribution in [0.3, 0.4) is 0 Å². The van der Waals surface area contributed by atoms with Crippen LogP contribution in [-0.2, 0) is 21.4 Å². The first-order chi connectivity index (χ1) is 12.3. The van der Waals surface area contributed by atoms with E-state index in [1.807, 2.05) is 19.1 Å². The molecule has 26 heavy (non-hydrogen) atoms. The van der Waals surface area contributed by atoms with E-state index >= 15 is 0 Å². The number of halogens is 1. The van der Waals surface area contributed by atoms with Crippen molar-refractivity contribution in [3.8, 4) is 5.75 Å². The molecule has 2 aromatic carbocycles. The lowest BCUT2D eigenvalue weighted by atomic mass is 10.2. The van der Waals surface area contributed by atoms with E-state index in [0.717, 1.165) is 22.2 Å². The molecule has 0 radical (unpaired) electrons. The number of hydrogen-bond donors (Lipinski definition) is 1. The first kappa shape index (κ1) is 19.7. The van der Waals surface area contributed by atoms with Crippen LogP contribution in [-0.4, -0.2) is 33.7 Å². The summed E-state index contributed by atoms with van der Waals surface area (Å²) in [5.74, 6) is -0.623. The monoisotopic (exact) mass is 380 g/mol. The van der Waals surface area contributed by atoms with Crippen molar-refractivity contribution in [2.24, 2.45) is 0 Å². The van der Waals surface area contributed by atoms with E-state index in [4.69, 9.17) is 4.74 Å². The largest absolute Gasteiger partial charge is 0.494 e. The van der Waals surface area contributed by atoms with Gasteiger partial charge in [-0.3, -0.25) is 9.10 Å². The van der Waals surface area contributed by atoms with E-state index in [1.165, 1.54) is 18.2 Å². The molecule has 1 N–H and O–H groups in total. The lowest BCUT2D eigenvalue weighted by molar-refractivity contribution is -0.119. The van der Waals surface area contributed by atoms with Crippen LogP contribution >= 0.6 is 0 Å². The molecule has 6 nitrogen and oxygen atoms in total. The predicted octanol–water partition coefficient (Wildman–Crippen LogP) is 2.31. The maximum absolute atomic E-state index is 14.0. The molecule has 2 rings (SSSR count). The van der Waals surface area contributed by atoms with E-state index in [-0.39, 0.29) is 12.2 Å². The van der Waals surface area contributed by atoms with Crippen molar-refractivity contribution in [3.05, 3.63) is 59.9 Å². The van der Waals surface area contributed by atoms with Crippen molar-refractivity contribution in [3.63, 3.8) is 0 Å². The maximum Gasteiger partial charge on any atom is 0.241 e. The van der Waals surface area contributed by atoms with Crippen LogP contribution in [0.25, 0.3) is 0 Å². The van der Waals surface area contributed by atoms with Gasteiger partial charge in [-0.25, -0.2) is 12.8 Å². The molecular formula is C18H21FN2O4S. The molecule has 1 amide bonds. The van der Waals surface area contributed by atoms with Crippen LogP contribution in [0, 0.1) is 5.82 Å². The molecule has 0 fully saturated rings. The van der Waals surface area contributed by atoms with Gasteiger partial charge in [0.2, 0.25) is 15.9 Å². The summed E-state index contributed by atoms with van der Waals surface area (Å²) in [5.41, 5.74) is 0.597. The summed E-state index contributed by atoms with van der Waals surface area (Å²) in [6, 6.07) is 12.6. The average molecular weight is 380 g/mol. The topological polar surface area (TPSA) is 75.7 Å². The summed E-state index contributed by atoms with van der Waals surface area (Å²) in [6.07, 6.45) is 0.928. The summed E-state index contributed by atoms with van der Waals surface area (Å²) >= 11 is 0. The number of carbonyl (C=O) groups excluding carboxylic acids is 1. The van der Waals surface area contributed by atoms with Gasteiger partial charge in [0.25, 0.3) is 0 Å². The van der Waals surface area contributed by atoms with Crippen LogP contribution in [0.5, 0.6) is 5.75 Å². The van der Waals surface area contributed by atoms with Crippen LogP contribution < -0.4 is 14.4 Å². The number of amides is 1. The fourth-order valence-corrected chi connectivity index (χ4v) is 3.22. The predicted molar refractivity (Wildman–Crippen MR) is 98.0 cm³/mol. The second-order valence-electron chi connectivity index (χ2n) is 5.54. The van der Waals surface area contributed by atoms with Gasteiger partial charge in [0, 0.05) is 12.1 Å². The highest BCUT2D eigenvalue weighted by Gasteiger charge is 2.23. The molecule has 0 bridgehead atoms. The first-order valence-electron chi connectivity index (χ1n) is 8.02. The summed E-state index contributed by atoms with van der Waals surface area (Å²) in [4.78, 5) is 12.2. The maximum atomic E-state index is 14.0. The third-order valence-electron chi connectivity index (χ3n) is 3.56. The molecule has 8 heteroatoms. The van der Waals surface area contributed by atoms with Gasteiger partial charge >= 0.3 is 0 Å². The Morgan fingerprint density at radius 2 is 1.81 bits per heavy atom. The van der Waals surface area contributed by atoms with E-state index in [1.54, 1.807) is 12.1 Å². The highest BCUT2D eigenvalue weighted by atomic mass is 32.2. The number of ether oxygens (including phenoxy) is 1. The summed E-state index contributed by atoms with van der Waals surface area (Å²) in [5, 5.41) is 2.64. The number of para-hydroxylation sites is 2. The Hall–Kier alpha value is -2.61. The van der Waals surface area contributed by atoms with E-state index in [9.17, 15) is 17.6 Å². The molecule has 0 unspecified atom stereocenters. The standard InChI is InChI=1S/C18H21FN2O4S/c1-3-25-17-11-7-4-8-14(17)12-20-18(22)13-21(26(2,23)24)16-10-6-5-9-15(16)19/h4-11H,3,12-13H2,1-2H3,(H,20,22). The Kier molecular flexibility index (Phi) is 6.57. The third-order valence-corrected chi connectivity index (χ3v) is 4.68. The molecule has 0 aliphatic heterocycles. The minimum absolute atomic E-state index is 0.167. The lowest BCUT2D eigenvalue weighted by Gasteiger charge is -2.22. The Morgan fingerprint density at radius 1 is 1.15 bits per heavy atom. The van der Waals surface area contributed by atoms with Gasteiger partial charge in [0.05, 0.1) is 18.6 Å². The van der Waals surface area contributed by atoms with E-state index < -0.39 is 28.3 Å². The Labute approximate surface area is 152 Å². The van der Waals surface area contributed by atoms with Crippen LogP contribution in [0.4, 0.5) is 10.1 Å². The number of nitrogens with zero attached hydrogens (tertiary/aromatic N) is 1. The quantitative estimate of drug-likeness (QED) is 0.763. The number of rotatable bonds is 8. The van der Waals surface area contributed by atoms with Gasteiger partial charge < -0.3 is 10.1 Å². The minimum atomic E-state index is -3.83. The number of carbonyl (C=O) groups is 1. The van der Waals surface area contributed by atoms with E-state index in [2.05, 4.69) is 5.32 Å². The lowest BCUT2D eigenvalue weighted by Crippen LogP contribution is -2.40. The van der Waals surface area contributed by atoms with Crippen molar-refractivity contribution in [2.75, 3.05) is 23.7 Å². The van der Waals surface area contributed by atoms with Crippen molar-refractivity contribution in [1.82, 2.24) is 5.32 Å². The molecule has 0 aliphatic rings. The van der Waals surface area contributed by atoms with Crippen LogP contribution in [0.1, 0.15) is 12.5 Å². The molecule has 0 heterocycles. The van der Waals surface area contributed by atoms with Gasteiger partial charge in [-0.05, 0) is 25.1 Å². The molecule has 140 valence electrons. The van der Waals surface area contributed by atoms with E-state index in [0.29, 0.717) is 12.4 Å². The molecule has 0 saturated heterocycles. The SMILES string of the molecule is CCOc1ccccc1CNC(=O)CN(c1ccccc1F)S(C)(=O)=O. The normalized spacial score (nSPS) is 11.0. The minimum Gasteiger partial charge on any atom is -0.494 e. The average Bonchev–Trinajstić information content (AvgIpc) is 2.59. The zero-order valence-corrected chi connectivity index (χ0v) is 15.4. The van der Waals surface area contributed by atoms with Gasteiger partial charge in [0.15, 0.2) is 0 Å². The third kappa shape index (κ3) is 5.19. The summed E-state index contributed by atoms with van der Waals surface area (Å²) in [7, 11) is -3.83. The second kappa shape index (κ2) is 8.66. The summed E-state index contributed by atoms with van der Waals surface area (Å²) in [6.45, 7) is 1.99. The molecule has 0 aromatic heterocycles. The molecule has 0 atom stereocenters. The zero-order valence-electron chi connectivity index (χ0n) is 14.6. The van der Waals surface area contributed by atoms with Crippen LogP contribution in [0.2, 0.25) is 0 Å². The van der Waals surface area contributed by atoms with Crippen molar-refractivity contribution >= 4 is 21.6 Å². The van der Waals surface area contributed by atoms with Gasteiger partial charge in [-0.15, -0.1) is 0 Å². The fourth-order valence-electron chi connectivity index (χ4n) is 2.36. The van der Waals surface area contributed by atoms with Crippen molar-refractivity contribution in [1.29, 1.82) is 0 Å². The highest BCUT2D eigenvalue weighted by Crippen LogP contribution is 2.21. The molecule has 0 saturated carbocycles. The number of benzene rings is 2. The Balaban J connectivity index is 2.11. The first-order valence-corrected chi connectivity index (χ1v) is 9.87. The van der Waals surface area contributed by atoms with Crippen LogP contribution in [0.15, 0.2) is 48.5 Å². The molecule has 2 aromatic rings. The van der Waals surface area contributed by atoms with Gasteiger partial charge in [0.1, 0.15) is 18.1 Å². The van der Waals surface area contributed by atoms with Crippen molar-refractivity contribution < 1.29 is 22.3 Å². The van der Waals surface area contributed by atoms with Crippen molar-refractivity contribution in [2.45, 2.75) is 13.5 Å². The molecule has 0 aliphatic carbocycles. The number of anilines is 1. The zero-order chi connectivity index (χ0) is 19.2. The Bertz CT molecular complexity index is 871. The van der Waals surface area contributed by atoms with Gasteiger partial charge in [-0.2, -0.15) is 0 Å². The number of sulfonamides is 1. The van der Waals surface area contributed by atoms with Gasteiger partial charge in [-0.1, -0.05) is 30.3 Å². The number of hydrogen-bond acceptors (Lipinski definition) is 4. The smallest absolute Gasteiger partial charge is 0.241 e. The second-order valence-corrected chi connectivity index (χ2v) is 7.45. The molecule has 0 spiro atoms. The highest BCUT2D eigenvalue weighted by molar-refractivity contribution is 7.92. The fraction of sp³-hybridized carbons (Fsp3) is 0.278. The Morgan fingerprint density at radius 3 is 2.46 bits per heavy atom. The number of nitrogens with one attached hydrogen (secondary N) is 1. The summed E-state index contributed by atoms with van der Waals surface area (Å²) < 4.78 is 44.2. The molecular weight excluding hydrogens is 359 g/mol.